The molecule has 15 heavy (non-hydrogen) atoms. The maximum absolute atomic E-state index is 11.7. The second kappa shape index (κ2) is 3.62. The summed E-state index contributed by atoms with van der Waals surface area (Å²) < 4.78 is 0. The lowest BCUT2D eigenvalue weighted by Crippen LogP contribution is -2.40. The quantitative estimate of drug-likeness (QED) is 0.695. The molecular weight excluding hydrogens is 190 g/mol. The Kier molecular flexibility index (Phi) is 2.57. The van der Waals surface area contributed by atoms with Crippen LogP contribution in [0.15, 0.2) is 0 Å². The van der Waals surface area contributed by atoms with Gasteiger partial charge in [0.15, 0.2) is 5.78 Å². The summed E-state index contributed by atoms with van der Waals surface area (Å²) in [6.07, 6.45) is 5.08. The van der Waals surface area contributed by atoms with Crippen LogP contribution in [0, 0.1) is 5.41 Å². The SMILES string of the molecule is CCC(=O)N1CC2(CCC2)C[C@H]1C(C)=O. The molecule has 3 nitrogen and oxygen atoms in total. The van der Waals surface area contributed by atoms with E-state index in [4.69, 9.17) is 0 Å². The highest BCUT2D eigenvalue weighted by Gasteiger charge is 2.49. The molecule has 2 aliphatic rings. The molecule has 2 rings (SSSR count). The van der Waals surface area contributed by atoms with Crippen molar-refractivity contribution in [3.05, 3.63) is 0 Å². The number of carbonyl (C=O) groups is 2. The van der Waals surface area contributed by atoms with Gasteiger partial charge in [-0.05, 0) is 31.6 Å². The molecule has 1 spiro atoms. The van der Waals surface area contributed by atoms with Crippen molar-refractivity contribution in [2.75, 3.05) is 6.54 Å². The molecule has 2 fully saturated rings. The molecule has 1 saturated carbocycles. The van der Waals surface area contributed by atoms with E-state index in [0.717, 1.165) is 13.0 Å². The summed E-state index contributed by atoms with van der Waals surface area (Å²) >= 11 is 0. The largest absolute Gasteiger partial charge is 0.332 e. The molecule has 1 amide bonds. The molecule has 0 aromatic rings. The van der Waals surface area contributed by atoms with Crippen molar-refractivity contribution in [1.29, 1.82) is 0 Å². The van der Waals surface area contributed by atoms with Gasteiger partial charge in [0.2, 0.25) is 5.91 Å². The van der Waals surface area contributed by atoms with Crippen molar-refractivity contribution < 1.29 is 9.59 Å². The van der Waals surface area contributed by atoms with Crippen LogP contribution in [0.25, 0.3) is 0 Å². The van der Waals surface area contributed by atoms with Crippen LogP contribution in [0.3, 0.4) is 0 Å². The van der Waals surface area contributed by atoms with E-state index < -0.39 is 0 Å². The number of nitrogens with zero attached hydrogens (tertiary/aromatic N) is 1. The molecule has 1 aliphatic heterocycles. The Bertz CT molecular complexity index is 294. The summed E-state index contributed by atoms with van der Waals surface area (Å²) in [6.45, 7) is 4.30. The van der Waals surface area contributed by atoms with Crippen molar-refractivity contribution in [2.24, 2.45) is 5.41 Å². The standard InChI is InChI=1S/C12H19NO2/c1-3-11(15)13-8-12(5-4-6-12)7-10(13)9(2)14/h10H,3-8H2,1-2H3/t10-/m0/s1. The highest BCUT2D eigenvalue weighted by molar-refractivity contribution is 5.88. The minimum absolute atomic E-state index is 0.127. The average Bonchev–Trinajstić information content (AvgIpc) is 2.56. The number of carbonyl (C=O) groups excluding carboxylic acids is 2. The summed E-state index contributed by atoms with van der Waals surface area (Å²) in [5.41, 5.74) is 0.307. The van der Waals surface area contributed by atoms with Crippen LogP contribution in [-0.2, 0) is 9.59 Å². The van der Waals surface area contributed by atoms with Crippen molar-refractivity contribution >= 4 is 11.7 Å². The van der Waals surface area contributed by atoms with Crippen LogP contribution in [0.4, 0.5) is 0 Å². The van der Waals surface area contributed by atoms with E-state index >= 15 is 0 Å². The fourth-order valence-electron chi connectivity index (χ4n) is 2.92. The molecule has 1 aliphatic carbocycles. The Morgan fingerprint density at radius 3 is 2.47 bits per heavy atom. The van der Waals surface area contributed by atoms with Gasteiger partial charge >= 0.3 is 0 Å². The number of hydrogen-bond acceptors (Lipinski definition) is 2. The zero-order chi connectivity index (χ0) is 11.1. The number of hydrogen-bond donors (Lipinski definition) is 0. The van der Waals surface area contributed by atoms with Crippen molar-refractivity contribution in [3.63, 3.8) is 0 Å². The lowest BCUT2D eigenvalue weighted by Gasteiger charge is -2.37. The zero-order valence-electron chi connectivity index (χ0n) is 9.58. The molecule has 84 valence electrons. The Morgan fingerprint density at radius 1 is 1.40 bits per heavy atom. The summed E-state index contributed by atoms with van der Waals surface area (Å²) in [5, 5.41) is 0. The van der Waals surface area contributed by atoms with Gasteiger partial charge in [0.25, 0.3) is 0 Å². The van der Waals surface area contributed by atoms with E-state index in [9.17, 15) is 9.59 Å². The van der Waals surface area contributed by atoms with Gasteiger partial charge in [0, 0.05) is 13.0 Å². The fraction of sp³-hybridized carbons (Fsp3) is 0.833. The summed E-state index contributed by atoms with van der Waals surface area (Å²) in [4.78, 5) is 25.1. The maximum Gasteiger partial charge on any atom is 0.222 e. The number of rotatable bonds is 2. The molecule has 1 heterocycles. The third kappa shape index (κ3) is 1.68. The first-order valence-corrected chi connectivity index (χ1v) is 5.88. The van der Waals surface area contributed by atoms with Gasteiger partial charge in [-0.2, -0.15) is 0 Å². The van der Waals surface area contributed by atoms with Gasteiger partial charge in [-0.15, -0.1) is 0 Å². The number of ketones is 1. The van der Waals surface area contributed by atoms with Crippen molar-refractivity contribution in [3.8, 4) is 0 Å². The highest BCUT2D eigenvalue weighted by Crippen LogP contribution is 2.50. The molecule has 0 radical (unpaired) electrons. The summed E-state index contributed by atoms with van der Waals surface area (Å²) in [7, 11) is 0. The van der Waals surface area contributed by atoms with E-state index in [1.165, 1.54) is 19.3 Å². The Labute approximate surface area is 90.8 Å². The Hall–Kier alpha value is -0.860. The zero-order valence-corrected chi connectivity index (χ0v) is 9.58. The van der Waals surface area contributed by atoms with Gasteiger partial charge < -0.3 is 4.90 Å². The lowest BCUT2D eigenvalue weighted by atomic mass is 9.67. The van der Waals surface area contributed by atoms with Crippen LogP contribution in [0.2, 0.25) is 0 Å². The van der Waals surface area contributed by atoms with Gasteiger partial charge in [0.1, 0.15) is 0 Å². The average molecular weight is 209 g/mol. The molecule has 0 N–H and O–H groups in total. The lowest BCUT2D eigenvalue weighted by molar-refractivity contribution is -0.136. The molecule has 0 aromatic heterocycles. The predicted molar refractivity (Wildman–Crippen MR) is 57.4 cm³/mol. The fourth-order valence-corrected chi connectivity index (χ4v) is 2.92. The van der Waals surface area contributed by atoms with Crippen molar-refractivity contribution in [2.45, 2.75) is 52.0 Å². The minimum atomic E-state index is -0.127. The second-order valence-corrected chi connectivity index (χ2v) is 5.06. The third-order valence-electron chi connectivity index (χ3n) is 4.01. The van der Waals surface area contributed by atoms with Crippen LogP contribution >= 0.6 is 0 Å². The number of Topliss-reactive ketones (excluding diaryl/α,β-unsaturated/α-hetero) is 1. The first kappa shape index (κ1) is 10.7. The summed E-state index contributed by atoms with van der Waals surface area (Å²) in [6, 6.07) is -0.127. The van der Waals surface area contributed by atoms with Gasteiger partial charge in [-0.3, -0.25) is 9.59 Å². The van der Waals surface area contributed by atoms with Gasteiger partial charge in [-0.1, -0.05) is 13.3 Å². The second-order valence-electron chi connectivity index (χ2n) is 5.06. The van der Waals surface area contributed by atoms with Crippen molar-refractivity contribution in [1.82, 2.24) is 4.90 Å². The molecule has 1 atom stereocenters. The maximum atomic E-state index is 11.7. The van der Waals surface area contributed by atoms with E-state index in [1.54, 1.807) is 6.92 Å². The number of likely N-dealkylation sites (tertiary alicyclic amines) is 1. The Morgan fingerprint density at radius 2 is 2.07 bits per heavy atom. The van der Waals surface area contributed by atoms with Crippen LogP contribution in [0.5, 0.6) is 0 Å². The Balaban J connectivity index is 2.14. The van der Waals surface area contributed by atoms with E-state index in [2.05, 4.69) is 0 Å². The minimum Gasteiger partial charge on any atom is -0.332 e. The van der Waals surface area contributed by atoms with Gasteiger partial charge in [-0.25, -0.2) is 0 Å². The predicted octanol–water partition coefficient (Wildman–Crippen LogP) is 1.76. The third-order valence-corrected chi connectivity index (χ3v) is 4.01. The van der Waals surface area contributed by atoms with Crippen LogP contribution in [0.1, 0.15) is 46.0 Å². The molecule has 1 saturated heterocycles. The molecule has 0 aromatic carbocycles. The van der Waals surface area contributed by atoms with Gasteiger partial charge in [0.05, 0.1) is 6.04 Å². The number of amides is 1. The topological polar surface area (TPSA) is 37.4 Å². The molecule has 0 bridgehead atoms. The normalized spacial score (nSPS) is 27.9. The van der Waals surface area contributed by atoms with Crippen LogP contribution in [-0.4, -0.2) is 29.2 Å². The molecular formula is C12H19NO2. The first-order valence-electron chi connectivity index (χ1n) is 5.88. The van der Waals surface area contributed by atoms with E-state index in [-0.39, 0.29) is 17.7 Å². The van der Waals surface area contributed by atoms with E-state index in [0.29, 0.717) is 11.8 Å². The first-order chi connectivity index (χ1) is 7.08. The van der Waals surface area contributed by atoms with Crippen LogP contribution < -0.4 is 0 Å². The summed E-state index contributed by atoms with van der Waals surface area (Å²) in [5.74, 6) is 0.291. The smallest absolute Gasteiger partial charge is 0.222 e. The molecule has 3 heteroatoms. The van der Waals surface area contributed by atoms with E-state index in [1.807, 2.05) is 11.8 Å². The monoisotopic (exact) mass is 209 g/mol. The molecule has 0 unspecified atom stereocenters. The highest BCUT2D eigenvalue weighted by atomic mass is 16.2.